The van der Waals surface area contributed by atoms with Crippen LogP contribution in [0.25, 0.3) is 0 Å². The van der Waals surface area contributed by atoms with Gasteiger partial charge < -0.3 is 0 Å². The summed E-state index contributed by atoms with van der Waals surface area (Å²) in [4.78, 5) is 0. The highest BCUT2D eigenvalue weighted by Crippen LogP contribution is 2.56. The zero-order chi connectivity index (χ0) is 12.8. The summed E-state index contributed by atoms with van der Waals surface area (Å²) in [5, 5.41) is 0. The van der Waals surface area contributed by atoms with Gasteiger partial charge in [0.25, 0.3) is 0 Å². The number of allylic oxidation sites excluding steroid dienone is 2. The molecule has 4 aliphatic rings. The van der Waals surface area contributed by atoms with Crippen molar-refractivity contribution in [3.05, 3.63) is 12.2 Å². The lowest BCUT2D eigenvalue weighted by molar-refractivity contribution is -0.0162. The third-order valence-electron chi connectivity index (χ3n) is 5.19. The van der Waals surface area contributed by atoms with Gasteiger partial charge in [-0.1, -0.05) is 12.2 Å². The van der Waals surface area contributed by atoms with Gasteiger partial charge in [0.1, 0.15) is 0 Å². The molecule has 4 bridgehead atoms. The molecule has 0 amide bonds. The summed E-state index contributed by atoms with van der Waals surface area (Å²) in [5.41, 5.74) is 0. The van der Waals surface area contributed by atoms with Gasteiger partial charge in [0.2, 0.25) is 9.05 Å². The average Bonchev–Trinajstić information content (AvgIpc) is 2.24. The first-order valence-corrected chi connectivity index (χ1v) is 9.58. The number of hydrogen-bond donors (Lipinski definition) is 0. The SMILES string of the molecule is O=S(=O)(Cl)CC/C=C/C1C2CC3CC(C2)CC1C3. The Labute approximate surface area is 114 Å². The van der Waals surface area contributed by atoms with Gasteiger partial charge in [0.15, 0.2) is 0 Å². The van der Waals surface area contributed by atoms with Crippen molar-refractivity contribution >= 4 is 19.7 Å². The van der Waals surface area contributed by atoms with E-state index >= 15 is 0 Å². The summed E-state index contributed by atoms with van der Waals surface area (Å²) in [5.74, 6) is 4.55. The molecule has 0 aromatic heterocycles. The molecule has 0 aromatic rings. The summed E-state index contributed by atoms with van der Waals surface area (Å²) < 4.78 is 21.7. The molecule has 0 aromatic carbocycles. The summed E-state index contributed by atoms with van der Waals surface area (Å²) in [6.45, 7) is 0. The highest BCUT2D eigenvalue weighted by Gasteiger charge is 2.46. The molecule has 0 unspecified atom stereocenters. The zero-order valence-electron chi connectivity index (χ0n) is 10.6. The molecular formula is C14H21ClO2S. The van der Waals surface area contributed by atoms with Crippen molar-refractivity contribution in [1.29, 1.82) is 0 Å². The molecule has 0 radical (unpaired) electrons. The van der Waals surface area contributed by atoms with Crippen LogP contribution in [-0.4, -0.2) is 14.2 Å². The van der Waals surface area contributed by atoms with E-state index in [-0.39, 0.29) is 5.75 Å². The lowest BCUT2D eigenvalue weighted by Crippen LogP contribution is -2.44. The highest BCUT2D eigenvalue weighted by atomic mass is 35.7. The third-order valence-corrected chi connectivity index (χ3v) is 6.37. The molecule has 102 valence electrons. The molecule has 0 spiro atoms. The fraction of sp³-hybridized carbons (Fsp3) is 0.857. The third kappa shape index (κ3) is 2.77. The van der Waals surface area contributed by atoms with Gasteiger partial charge in [-0.3, -0.25) is 0 Å². The van der Waals surface area contributed by atoms with Crippen LogP contribution in [0.3, 0.4) is 0 Å². The maximum Gasteiger partial charge on any atom is 0.232 e. The predicted octanol–water partition coefficient (Wildman–Crippen LogP) is 3.57. The van der Waals surface area contributed by atoms with Crippen LogP contribution in [0.2, 0.25) is 0 Å². The van der Waals surface area contributed by atoms with Gasteiger partial charge in [0.05, 0.1) is 5.75 Å². The predicted molar refractivity (Wildman–Crippen MR) is 73.9 cm³/mol. The van der Waals surface area contributed by atoms with Crippen molar-refractivity contribution < 1.29 is 8.42 Å². The fourth-order valence-corrected chi connectivity index (χ4v) is 5.43. The molecule has 0 N–H and O–H groups in total. The first-order chi connectivity index (χ1) is 8.51. The van der Waals surface area contributed by atoms with Crippen LogP contribution in [0.15, 0.2) is 12.2 Å². The minimum Gasteiger partial charge on any atom is -0.212 e. The molecule has 2 nitrogen and oxygen atoms in total. The number of rotatable bonds is 4. The van der Waals surface area contributed by atoms with E-state index in [1.807, 2.05) is 6.08 Å². The fourth-order valence-electron chi connectivity index (χ4n) is 4.74. The standard InChI is InChI=1S/C14H21ClO2S/c15-18(16,17)4-2-1-3-14-12-6-10-5-11(8-12)9-13(14)7-10/h1,3,10-14H,2,4-9H2/b3-1+. The van der Waals surface area contributed by atoms with E-state index in [0.717, 1.165) is 29.6 Å². The van der Waals surface area contributed by atoms with Crippen molar-refractivity contribution in [2.24, 2.45) is 29.6 Å². The lowest BCUT2D eigenvalue weighted by Gasteiger charge is -2.53. The minimum atomic E-state index is -3.33. The molecule has 0 aliphatic heterocycles. The smallest absolute Gasteiger partial charge is 0.212 e. The van der Waals surface area contributed by atoms with Crippen LogP contribution in [0, 0.1) is 29.6 Å². The Morgan fingerprint density at radius 2 is 1.56 bits per heavy atom. The van der Waals surface area contributed by atoms with Crippen LogP contribution < -0.4 is 0 Å². The first kappa shape index (κ1) is 13.0. The quantitative estimate of drug-likeness (QED) is 0.585. The molecule has 0 atom stereocenters. The van der Waals surface area contributed by atoms with E-state index < -0.39 is 9.05 Å². The summed E-state index contributed by atoms with van der Waals surface area (Å²) in [7, 11) is 1.89. The van der Waals surface area contributed by atoms with E-state index in [0.29, 0.717) is 6.42 Å². The first-order valence-electron chi connectivity index (χ1n) is 7.10. The van der Waals surface area contributed by atoms with Gasteiger partial charge in [-0.15, -0.1) is 0 Å². The van der Waals surface area contributed by atoms with Crippen LogP contribution in [0.1, 0.15) is 38.5 Å². The van der Waals surface area contributed by atoms with Crippen LogP contribution in [0.4, 0.5) is 0 Å². The van der Waals surface area contributed by atoms with Gasteiger partial charge in [-0.25, -0.2) is 8.42 Å². The molecule has 18 heavy (non-hydrogen) atoms. The Bertz CT molecular complexity index is 413. The maximum absolute atomic E-state index is 10.9. The van der Waals surface area contributed by atoms with E-state index in [1.165, 1.54) is 32.1 Å². The molecule has 4 rings (SSSR count). The molecule has 4 heteroatoms. The van der Waals surface area contributed by atoms with Crippen LogP contribution >= 0.6 is 10.7 Å². The molecule has 4 fully saturated rings. The molecule has 4 saturated carbocycles. The molecule has 4 aliphatic carbocycles. The zero-order valence-corrected chi connectivity index (χ0v) is 12.2. The number of halogens is 1. The Morgan fingerprint density at radius 3 is 2.06 bits per heavy atom. The molecular weight excluding hydrogens is 268 g/mol. The topological polar surface area (TPSA) is 34.1 Å². The minimum absolute atomic E-state index is 0.0678. The van der Waals surface area contributed by atoms with Crippen molar-refractivity contribution in [2.45, 2.75) is 38.5 Å². The van der Waals surface area contributed by atoms with Crippen molar-refractivity contribution in [1.82, 2.24) is 0 Å². The second-order valence-electron chi connectivity index (χ2n) is 6.47. The van der Waals surface area contributed by atoms with E-state index in [1.54, 1.807) is 0 Å². The average molecular weight is 289 g/mol. The van der Waals surface area contributed by atoms with Gasteiger partial charge >= 0.3 is 0 Å². The normalized spacial score (nSPS) is 42.8. The van der Waals surface area contributed by atoms with Gasteiger partial charge in [-0.05, 0) is 68.1 Å². The summed E-state index contributed by atoms with van der Waals surface area (Å²) in [6, 6.07) is 0. The summed E-state index contributed by atoms with van der Waals surface area (Å²) in [6.07, 6.45) is 12.0. The Hall–Kier alpha value is -0.0200. The second kappa shape index (κ2) is 4.82. The number of hydrogen-bond acceptors (Lipinski definition) is 2. The van der Waals surface area contributed by atoms with Gasteiger partial charge in [-0.2, -0.15) is 0 Å². The Morgan fingerprint density at radius 1 is 1.00 bits per heavy atom. The largest absolute Gasteiger partial charge is 0.232 e. The Balaban J connectivity index is 1.58. The van der Waals surface area contributed by atoms with E-state index in [9.17, 15) is 8.42 Å². The van der Waals surface area contributed by atoms with Crippen molar-refractivity contribution in [3.8, 4) is 0 Å². The summed E-state index contributed by atoms with van der Waals surface area (Å²) >= 11 is 0. The van der Waals surface area contributed by atoms with Gasteiger partial charge in [0, 0.05) is 10.7 Å². The van der Waals surface area contributed by atoms with E-state index in [2.05, 4.69) is 6.08 Å². The monoisotopic (exact) mass is 288 g/mol. The van der Waals surface area contributed by atoms with E-state index in [4.69, 9.17) is 10.7 Å². The second-order valence-corrected chi connectivity index (χ2v) is 9.36. The lowest BCUT2D eigenvalue weighted by atomic mass is 9.52. The van der Waals surface area contributed by atoms with Crippen LogP contribution in [-0.2, 0) is 9.05 Å². The maximum atomic E-state index is 10.9. The molecule has 0 heterocycles. The highest BCUT2D eigenvalue weighted by molar-refractivity contribution is 8.13. The molecule has 0 saturated heterocycles. The Kier molecular flexibility index (Phi) is 3.48. The van der Waals surface area contributed by atoms with Crippen molar-refractivity contribution in [3.63, 3.8) is 0 Å². The van der Waals surface area contributed by atoms with Crippen LogP contribution in [0.5, 0.6) is 0 Å². The van der Waals surface area contributed by atoms with Crippen molar-refractivity contribution in [2.75, 3.05) is 5.75 Å².